The summed E-state index contributed by atoms with van der Waals surface area (Å²) in [7, 11) is 1.21. The zero-order valence-corrected chi connectivity index (χ0v) is 15.8. The van der Waals surface area contributed by atoms with Gasteiger partial charge in [0, 0.05) is 27.9 Å². The minimum atomic E-state index is -3.16. The van der Waals surface area contributed by atoms with E-state index in [1.807, 2.05) is 6.92 Å². The molecule has 0 radical (unpaired) electrons. The fraction of sp³-hybridized carbons (Fsp3) is 1.00. The molecular weight excluding hydrogens is 312 g/mol. The van der Waals surface area contributed by atoms with E-state index in [0.717, 1.165) is 0 Å². The highest BCUT2D eigenvalue weighted by atomic mass is 28.4. The molecule has 0 heterocycles. The van der Waals surface area contributed by atoms with Crippen molar-refractivity contribution in [3.63, 3.8) is 0 Å². The number of hydrogen-bond donors (Lipinski definition) is 0. The predicted molar refractivity (Wildman–Crippen MR) is 80.6 cm³/mol. The van der Waals surface area contributed by atoms with Crippen LogP contribution in [0, 0.1) is 0 Å². The molecule has 0 fully saturated rings. The normalized spacial score (nSPS) is 18.0. The van der Waals surface area contributed by atoms with E-state index < -0.39 is 27.9 Å². The van der Waals surface area contributed by atoms with Crippen molar-refractivity contribution >= 4 is 9.05 Å². The molecule has 0 aromatic heterocycles. The van der Waals surface area contributed by atoms with E-state index in [0.29, 0.717) is 6.61 Å². The van der Waals surface area contributed by atoms with Crippen molar-refractivity contribution in [2.24, 2.45) is 0 Å². The second-order valence-corrected chi connectivity index (χ2v) is 6.82. The zero-order chi connectivity index (χ0) is 17.2. The Balaban J connectivity index is 4.21. The molecular formula is C13H30O8Si. The van der Waals surface area contributed by atoms with Crippen LogP contribution in [0.1, 0.15) is 34.6 Å². The van der Waals surface area contributed by atoms with Crippen molar-refractivity contribution < 1.29 is 36.7 Å². The van der Waals surface area contributed by atoms with Crippen molar-refractivity contribution in [2.45, 2.75) is 59.8 Å². The summed E-state index contributed by atoms with van der Waals surface area (Å²) in [6.45, 7) is 9.47. The lowest BCUT2D eigenvalue weighted by Gasteiger charge is -2.29. The van der Waals surface area contributed by atoms with Gasteiger partial charge in [0.1, 0.15) is 0 Å². The van der Waals surface area contributed by atoms with Crippen LogP contribution in [0.2, 0.25) is 0 Å². The summed E-state index contributed by atoms with van der Waals surface area (Å²) in [4.78, 5) is 0. The van der Waals surface area contributed by atoms with Gasteiger partial charge >= 0.3 is 9.05 Å². The maximum absolute atomic E-state index is 5.56. The summed E-state index contributed by atoms with van der Waals surface area (Å²) in [6.07, 6.45) is -2.04. The smallest absolute Gasteiger partial charge is 0.355 e. The van der Waals surface area contributed by atoms with Crippen molar-refractivity contribution in [1.29, 1.82) is 0 Å². The molecule has 0 aliphatic carbocycles. The highest BCUT2D eigenvalue weighted by Crippen LogP contribution is 2.14. The van der Waals surface area contributed by atoms with Gasteiger partial charge in [-0.1, -0.05) is 0 Å². The largest absolute Gasteiger partial charge is 0.680 e. The van der Waals surface area contributed by atoms with E-state index in [1.54, 1.807) is 27.7 Å². The molecule has 0 saturated carbocycles. The van der Waals surface area contributed by atoms with Crippen molar-refractivity contribution in [3.8, 4) is 0 Å². The van der Waals surface area contributed by atoms with Crippen molar-refractivity contribution in [1.82, 2.24) is 0 Å². The van der Waals surface area contributed by atoms with E-state index in [2.05, 4.69) is 0 Å². The molecule has 9 heteroatoms. The Morgan fingerprint density at radius 3 is 1.50 bits per heavy atom. The fourth-order valence-electron chi connectivity index (χ4n) is 1.77. The lowest BCUT2D eigenvalue weighted by atomic mass is 10.6. The van der Waals surface area contributed by atoms with E-state index >= 15 is 0 Å². The van der Waals surface area contributed by atoms with Gasteiger partial charge in [0.05, 0.1) is 0 Å². The number of hydrogen-bond acceptors (Lipinski definition) is 8. The first-order chi connectivity index (χ1) is 10.3. The zero-order valence-electron chi connectivity index (χ0n) is 14.8. The first-order valence-corrected chi connectivity index (χ1v) is 8.87. The standard InChI is InChI=1S/C13H30O8Si/c1-9-17-10(2)18-11(3)19-12(4)20-13(5)21-22(14-6,15-7)16-8/h10-13H,9H2,1-8H3. The van der Waals surface area contributed by atoms with Gasteiger partial charge in [-0.25, -0.2) is 0 Å². The summed E-state index contributed by atoms with van der Waals surface area (Å²) in [5.41, 5.74) is 0. The van der Waals surface area contributed by atoms with Gasteiger partial charge in [-0.05, 0) is 34.6 Å². The van der Waals surface area contributed by atoms with Crippen LogP contribution < -0.4 is 0 Å². The van der Waals surface area contributed by atoms with Gasteiger partial charge in [-0.15, -0.1) is 0 Å². The summed E-state index contributed by atoms with van der Waals surface area (Å²) >= 11 is 0. The van der Waals surface area contributed by atoms with Crippen LogP contribution in [-0.4, -0.2) is 62.1 Å². The first kappa shape index (κ1) is 21.9. The van der Waals surface area contributed by atoms with Crippen LogP contribution in [0.5, 0.6) is 0 Å². The van der Waals surface area contributed by atoms with E-state index in [4.69, 9.17) is 36.7 Å². The monoisotopic (exact) mass is 342 g/mol. The third-order valence-corrected chi connectivity index (χ3v) is 4.73. The van der Waals surface area contributed by atoms with Crippen LogP contribution in [0.15, 0.2) is 0 Å². The number of ether oxygens (including phenoxy) is 4. The quantitative estimate of drug-likeness (QED) is 0.371. The second kappa shape index (κ2) is 11.4. The SMILES string of the molecule is CCOC(C)OC(C)OC(C)OC(C)O[Si](OC)(OC)OC. The molecule has 0 aromatic rings. The van der Waals surface area contributed by atoms with Crippen molar-refractivity contribution in [2.75, 3.05) is 27.9 Å². The van der Waals surface area contributed by atoms with Crippen LogP contribution in [0.3, 0.4) is 0 Å². The number of rotatable bonds is 13. The lowest BCUT2D eigenvalue weighted by molar-refractivity contribution is -0.302. The Labute approximate surface area is 134 Å². The molecule has 0 N–H and O–H groups in total. The van der Waals surface area contributed by atoms with Gasteiger partial charge in [-0.3, -0.25) is 0 Å². The van der Waals surface area contributed by atoms with Crippen molar-refractivity contribution in [3.05, 3.63) is 0 Å². The lowest BCUT2D eigenvalue weighted by Crippen LogP contribution is -2.49. The van der Waals surface area contributed by atoms with Gasteiger partial charge < -0.3 is 36.7 Å². The Morgan fingerprint density at radius 1 is 0.682 bits per heavy atom. The summed E-state index contributed by atoms with van der Waals surface area (Å²) in [6, 6.07) is 0. The maximum Gasteiger partial charge on any atom is 0.680 e. The average molecular weight is 342 g/mol. The van der Waals surface area contributed by atoms with Gasteiger partial charge in [0.25, 0.3) is 0 Å². The maximum atomic E-state index is 5.56. The van der Waals surface area contributed by atoms with Crippen LogP contribution in [0.4, 0.5) is 0 Å². The fourth-order valence-corrected chi connectivity index (χ4v) is 3.02. The molecule has 0 spiro atoms. The first-order valence-electron chi connectivity index (χ1n) is 7.23. The van der Waals surface area contributed by atoms with Gasteiger partial charge in [0.15, 0.2) is 25.2 Å². The highest BCUT2D eigenvalue weighted by Gasteiger charge is 2.44. The molecule has 4 atom stereocenters. The summed E-state index contributed by atoms with van der Waals surface area (Å²) in [5, 5.41) is 0. The average Bonchev–Trinajstić information content (AvgIpc) is 2.44. The summed E-state index contributed by atoms with van der Waals surface area (Å²) in [5.74, 6) is 0. The predicted octanol–water partition coefficient (Wildman–Crippen LogP) is 1.85. The molecule has 134 valence electrons. The third kappa shape index (κ3) is 8.51. The molecule has 0 rings (SSSR count). The van der Waals surface area contributed by atoms with Crippen LogP contribution in [-0.2, 0) is 36.7 Å². The Morgan fingerprint density at radius 2 is 1.09 bits per heavy atom. The van der Waals surface area contributed by atoms with Crippen LogP contribution >= 0.6 is 0 Å². The Kier molecular flexibility index (Phi) is 11.4. The minimum Gasteiger partial charge on any atom is -0.355 e. The molecule has 0 aliphatic rings. The Bertz CT molecular complexity index is 269. The topological polar surface area (TPSA) is 73.8 Å². The molecule has 0 aliphatic heterocycles. The van der Waals surface area contributed by atoms with Gasteiger partial charge in [-0.2, -0.15) is 0 Å². The molecule has 22 heavy (non-hydrogen) atoms. The molecule has 0 aromatic carbocycles. The van der Waals surface area contributed by atoms with E-state index in [9.17, 15) is 0 Å². The second-order valence-electron chi connectivity index (χ2n) is 4.36. The van der Waals surface area contributed by atoms with E-state index in [-0.39, 0.29) is 6.29 Å². The molecule has 4 unspecified atom stereocenters. The minimum absolute atomic E-state index is 0.351. The molecule has 0 saturated heterocycles. The van der Waals surface area contributed by atoms with Crippen LogP contribution in [0.25, 0.3) is 0 Å². The van der Waals surface area contributed by atoms with Gasteiger partial charge in [0.2, 0.25) is 0 Å². The molecule has 0 amide bonds. The molecule has 0 bridgehead atoms. The highest BCUT2D eigenvalue weighted by molar-refractivity contribution is 6.53. The third-order valence-electron chi connectivity index (χ3n) is 2.61. The Hall–Kier alpha value is -0.103. The van der Waals surface area contributed by atoms with E-state index in [1.165, 1.54) is 21.3 Å². The molecule has 8 nitrogen and oxygen atoms in total. The summed E-state index contributed by atoms with van der Waals surface area (Å²) < 4.78 is 42.9.